The minimum Gasteiger partial charge on any atom is -0.384 e. The summed E-state index contributed by atoms with van der Waals surface area (Å²) in [6, 6.07) is 3.58. The van der Waals surface area contributed by atoms with Crippen molar-refractivity contribution < 1.29 is 9.53 Å². The number of nitrogen functional groups attached to an aromatic ring is 1. The number of anilines is 1. The van der Waals surface area contributed by atoms with Crippen molar-refractivity contribution in [2.45, 2.75) is 38.2 Å². The van der Waals surface area contributed by atoms with Gasteiger partial charge in [0.25, 0.3) is 0 Å². The number of carbonyl (C=O) groups excluding carboxylic acids is 1. The third kappa shape index (κ3) is 3.82. The second-order valence-corrected chi connectivity index (χ2v) is 4.50. The molecule has 1 fully saturated rings. The van der Waals surface area contributed by atoms with Crippen molar-refractivity contribution in [3.05, 3.63) is 23.9 Å². The molecule has 92 valence electrons. The molecule has 0 radical (unpaired) electrons. The quantitative estimate of drug-likeness (QED) is 0.861. The van der Waals surface area contributed by atoms with Gasteiger partial charge in [-0.1, -0.05) is 0 Å². The molecule has 2 N–H and O–H groups in total. The molecule has 1 aliphatic heterocycles. The van der Waals surface area contributed by atoms with Crippen LogP contribution in [0.25, 0.3) is 0 Å². The summed E-state index contributed by atoms with van der Waals surface area (Å²) in [7, 11) is 0. The molecule has 1 aromatic heterocycles. The van der Waals surface area contributed by atoms with Crippen molar-refractivity contribution in [1.29, 1.82) is 0 Å². The summed E-state index contributed by atoms with van der Waals surface area (Å²) in [4.78, 5) is 15.8. The Labute approximate surface area is 101 Å². The maximum atomic E-state index is 11.9. The summed E-state index contributed by atoms with van der Waals surface area (Å²) >= 11 is 0. The fourth-order valence-electron chi connectivity index (χ4n) is 2.13. The maximum Gasteiger partial charge on any atom is 0.139 e. The molecule has 1 saturated heterocycles. The Hall–Kier alpha value is -1.42. The maximum absolute atomic E-state index is 11.9. The van der Waals surface area contributed by atoms with Gasteiger partial charge in [0.2, 0.25) is 0 Å². The highest BCUT2D eigenvalue weighted by molar-refractivity contribution is 5.81. The molecule has 0 saturated carbocycles. The van der Waals surface area contributed by atoms with Crippen LogP contribution < -0.4 is 5.73 Å². The van der Waals surface area contributed by atoms with Gasteiger partial charge < -0.3 is 10.5 Å². The lowest BCUT2D eigenvalue weighted by molar-refractivity contribution is -0.122. The number of pyridine rings is 1. The number of nitrogens with two attached hydrogens (primary N) is 1. The molecule has 1 atom stereocenters. The van der Waals surface area contributed by atoms with Crippen molar-refractivity contribution in [1.82, 2.24) is 4.98 Å². The van der Waals surface area contributed by atoms with E-state index < -0.39 is 0 Å². The van der Waals surface area contributed by atoms with Crippen LogP contribution >= 0.6 is 0 Å². The van der Waals surface area contributed by atoms with Crippen LogP contribution in [-0.2, 0) is 16.0 Å². The second kappa shape index (κ2) is 5.77. The lowest BCUT2D eigenvalue weighted by Crippen LogP contribution is -2.23. The van der Waals surface area contributed by atoms with Crippen molar-refractivity contribution in [2.24, 2.45) is 0 Å². The van der Waals surface area contributed by atoms with Gasteiger partial charge in [0.05, 0.1) is 6.10 Å². The summed E-state index contributed by atoms with van der Waals surface area (Å²) in [5.74, 6) is 0.673. The summed E-state index contributed by atoms with van der Waals surface area (Å²) < 4.78 is 5.55. The van der Waals surface area contributed by atoms with Crippen molar-refractivity contribution >= 4 is 11.6 Å². The van der Waals surface area contributed by atoms with Crippen LogP contribution in [0.3, 0.4) is 0 Å². The molecular formula is C13H18N2O2. The zero-order valence-corrected chi connectivity index (χ0v) is 9.89. The van der Waals surface area contributed by atoms with E-state index in [4.69, 9.17) is 10.5 Å². The predicted octanol–water partition coefficient (Wildman–Crippen LogP) is 1.73. The van der Waals surface area contributed by atoms with E-state index in [1.807, 2.05) is 6.07 Å². The van der Waals surface area contributed by atoms with E-state index in [-0.39, 0.29) is 11.9 Å². The average Bonchev–Trinajstić information content (AvgIpc) is 2.30. The fourth-order valence-corrected chi connectivity index (χ4v) is 2.13. The van der Waals surface area contributed by atoms with Gasteiger partial charge in [0, 0.05) is 25.6 Å². The number of carbonyl (C=O) groups is 1. The Bertz CT molecular complexity index is 387. The zero-order chi connectivity index (χ0) is 12.1. The van der Waals surface area contributed by atoms with Crippen LogP contribution in [0.1, 0.15) is 31.2 Å². The minimum atomic E-state index is 0.121. The number of hydrogen-bond acceptors (Lipinski definition) is 4. The number of hydrogen-bond donors (Lipinski definition) is 1. The van der Waals surface area contributed by atoms with E-state index in [0.717, 1.165) is 25.0 Å². The van der Waals surface area contributed by atoms with Gasteiger partial charge >= 0.3 is 0 Å². The molecule has 0 amide bonds. The third-order valence-corrected chi connectivity index (χ3v) is 2.98. The number of nitrogens with zero attached hydrogens (tertiary/aromatic N) is 1. The van der Waals surface area contributed by atoms with Gasteiger partial charge in [-0.2, -0.15) is 0 Å². The summed E-state index contributed by atoms with van der Waals surface area (Å²) in [6.45, 7) is 0.792. The molecule has 1 unspecified atom stereocenters. The first-order valence-corrected chi connectivity index (χ1v) is 6.08. The van der Waals surface area contributed by atoms with Gasteiger partial charge in [0.15, 0.2) is 0 Å². The highest BCUT2D eigenvalue weighted by atomic mass is 16.5. The van der Waals surface area contributed by atoms with Crippen LogP contribution in [0.15, 0.2) is 18.3 Å². The molecule has 4 nitrogen and oxygen atoms in total. The topological polar surface area (TPSA) is 65.2 Å². The van der Waals surface area contributed by atoms with Gasteiger partial charge in [-0.05, 0) is 37.0 Å². The van der Waals surface area contributed by atoms with Crippen molar-refractivity contribution in [2.75, 3.05) is 12.3 Å². The summed E-state index contributed by atoms with van der Waals surface area (Å²) in [5, 5.41) is 0. The first kappa shape index (κ1) is 12.0. The molecule has 1 aliphatic rings. The van der Waals surface area contributed by atoms with E-state index in [1.54, 1.807) is 12.3 Å². The molecule has 2 heterocycles. The van der Waals surface area contributed by atoms with Gasteiger partial charge in [-0.15, -0.1) is 0 Å². The molecular weight excluding hydrogens is 216 g/mol. The van der Waals surface area contributed by atoms with Gasteiger partial charge in [-0.25, -0.2) is 4.98 Å². The highest BCUT2D eigenvalue weighted by Crippen LogP contribution is 2.17. The molecule has 0 spiro atoms. The fraction of sp³-hybridized carbons (Fsp3) is 0.538. The van der Waals surface area contributed by atoms with Crippen LogP contribution in [0.4, 0.5) is 5.82 Å². The van der Waals surface area contributed by atoms with Gasteiger partial charge in [-0.3, -0.25) is 4.79 Å². The van der Waals surface area contributed by atoms with Crippen LogP contribution in [0.5, 0.6) is 0 Å². The van der Waals surface area contributed by atoms with E-state index in [2.05, 4.69) is 4.98 Å². The Kier molecular flexibility index (Phi) is 4.09. The Morgan fingerprint density at radius 3 is 3.12 bits per heavy atom. The predicted molar refractivity (Wildman–Crippen MR) is 65.6 cm³/mol. The Balaban J connectivity index is 1.84. The SMILES string of the molecule is Nc1cc(CC(=O)CC2CCCCO2)ccn1. The average molecular weight is 234 g/mol. The number of aromatic nitrogens is 1. The van der Waals surface area contributed by atoms with E-state index in [1.165, 1.54) is 6.42 Å². The van der Waals surface area contributed by atoms with E-state index in [9.17, 15) is 4.79 Å². The first-order valence-electron chi connectivity index (χ1n) is 6.08. The van der Waals surface area contributed by atoms with Gasteiger partial charge in [0.1, 0.15) is 11.6 Å². The Morgan fingerprint density at radius 1 is 1.53 bits per heavy atom. The summed E-state index contributed by atoms with van der Waals surface area (Å²) in [5.41, 5.74) is 6.50. The normalized spacial score (nSPS) is 20.1. The number of ether oxygens (including phenoxy) is 1. The largest absolute Gasteiger partial charge is 0.384 e. The van der Waals surface area contributed by atoms with Crippen LogP contribution in [-0.4, -0.2) is 23.5 Å². The summed E-state index contributed by atoms with van der Waals surface area (Å²) in [6.07, 6.45) is 5.98. The molecule has 0 aromatic carbocycles. The number of rotatable bonds is 4. The zero-order valence-electron chi connectivity index (χ0n) is 9.89. The number of Topliss-reactive ketones (excluding diaryl/α,β-unsaturated/α-hetero) is 1. The molecule has 2 rings (SSSR count). The monoisotopic (exact) mass is 234 g/mol. The van der Waals surface area contributed by atoms with Crippen LogP contribution in [0.2, 0.25) is 0 Å². The van der Waals surface area contributed by atoms with Crippen molar-refractivity contribution in [3.63, 3.8) is 0 Å². The molecule has 17 heavy (non-hydrogen) atoms. The van der Waals surface area contributed by atoms with E-state index >= 15 is 0 Å². The molecule has 0 bridgehead atoms. The molecule has 4 heteroatoms. The molecule has 1 aromatic rings. The number of ketones is 1. The lowest BCUT2D eigenvalue weighted by Gasteiger charge is -2.21. The minimum absolute atomic E-state index is 0.121. The lowest BCUT2D eigenvalue weighted by atomic mass is 10.0. The third-order valence-electron chi connectivity index (χ3n) is 2.98. The standard InChI is InChI=1S/C13H18N2O2/c14-13-8-10(4-5-15-13)7-11(16)9-12-3-1-2-6-17-12/h4-5,8,12H,1-3,6-7,9H2,(H2,14,15). The first-order chi connectivity index (χ1) is 8.24. The molecule has 0 aliphatic carbocycles. The smallest absolute Gasteiger partial charge is 0.139 e. The highest BCUT2D eigenvalue weighted by Gasteiger charge is 2.17. The second-order valence-electron chi connectivity index (χ2n) is 4.50. The Morgan fingerprint density at radius 2 is 2.41 bits per heavy atom. The van der Waals surface area contributed by atoms with Crippen LogP contribution in [0, 0.1) is 0 Å². The van der Waals surface area contributed by atoms with E-state index in [0.29, 0.717) is 18.7 Å². The van der Waals surface area contributed by atoms with Crippen molar-refractivity contribution in [3.8, 4) is 0 Å².